The molecule has 1 aromatic carbocycles. The van der Waals surface area contributed by atoms with E-state index in [4.69, 9.17) is 4.74 Å². The molecule has 0 aliphatic rings. The van der Waals surface area contributed by atoms with Crippen LogP contribution in [-0.2, 0) is 17.8 Å². The Morgan fingerprint density at radius 3 is 2.59 bits per heavy atom. The van der Waals surface area contributed by atoms with Gasteiger partial charge in [0.1, 0.15) is 0 Å². The summed E-state index contributed by atoms with van der Waals surface area (Å²) in [7, 11) is 0. The van der Waals surface area contributed by atoms with Crippen LogP contribution in [0.3, 0.4) is 0 Å². The fourth-order valence-electron chi connectivity index (χ4n) is 1.61. The largest absolute Gasteiger partial charge is 0.375 e. The molecule has 2 heteroatoms. The van der Waals surface area contributed by atoms with Crippen LogP contribution in [0.4, 0.5) is 0 Å². The van der Waals surface area contributed by atoms with Crippen molar-refractivity contribution < 1.29 is 4.74 Å². The van der Waals surface area contributed by atoms with E-state index in [0.29, 0.717) is 6.61 Å². The average Bonchev–Trinajstić information content (AvgIpc) is 2.38. The molecule has 0 bridgehead atoms. The Bertz CT molecular complexity index is 436. The van der Waals surface area contributed by atoms with Crippen molar-refractivity contribution in [3.63, 3.8) is 0 Å². The van der Waals surface area contributed by atoms with Crippen molar-refractivity contribution in [3.8, 4) is 0 Å². The molecule has 0 unspecified atom stereocenters. The summed E-state index contributed by atoms with van der Waals surface area (Å²) >= 11 is 0. The Kier molecular flexibility index (Phi) is 4.28. The minimum atomic E-state index is 0.590. The molecule has 0 atom stereocenters. The van der Waals surface area contributed by atoms with Crippen LogP contribution in [-0.4, -0.2) is 11.6 Å². The van der Waals surface area contributed by atoms with Crippen molar-refractivity contribution >= 4 is 0 Å². The van der Waals surface area contributed by atoms with Gasteiger partial charge in [-0.2, -0.15) is 0 Å². The summed E-state index contributed by atoms with van der Waals surface area (Å²) in [6.07, 6.45) is 2.74. The van der Waals surface area contributed by atoms with Gasteiger partial charge < -0.3 is 4.74 Å². The molecule has 0 spiro atoms. The Morgan fingerprint density at radius 1 is 1.06 bits per heavy atom. The summed E-state index contributed by atoms with van der Waals surface area (Å²) in [5.41, 5.74) is 3.59. The van der Waals surface area contributed by atoms with E-state index >= 15 is 0 Å². The minimum Gasteiger partial charge on any atom is -0.375 e. The Balaban J connectivity index is 1.71. The quantitative estimate of drug-likeness (QED) is 0.732. The summed E-state index contributed by atoms with van der Waals surface area (Å²) in [5.74, 6) is 0. The molecule has 0 fully saturated rings. The Morgan fingerprint density at radius 2 is 1.88 bits per heavy atom. The van der Waals surface area contributed by atoms with Crippen LogP contribution in [0.5, 0.6) is 0 Å². The average molecular weight is 227 g/mol. The van der Waals surface area contributed by atoms with Gasteiger partial charge in [-0.25, -0.2) is 0 Å². The number of aryl methyl sites for hydroxylation is 1. The third kappa shape index (κ3) is 4.00. The van der Waals surface area contributed by atoms with Crippen molar-refractivity contribution in [1.82, 2.24) is 4.98 Å². The Labute approximate surface area is 102 Å². The SMILES string of the molecule is Cc1ccc(CCOCc2ccccn2)cc1. The zero-order valence-corrected chi connectivity index (χ0v) is 10.1. The van der Waals surface area contributed by atoms with Gasteiger partial charge >= 0.3 is 0 Å². The molecule has 0 radical (unpaired) electrons. The first kappa shape index (κ1) is 11.8. The second-order valence-electron chi connectivity index (χ2n) is 4.11. The summed E-state index contributed by atoms with van der Waals surface area (Å²) in [6, 6.07) is 14.4. The third-order valence-electron chi connectivity index (χ3n) is 2.63. The maximum atomic E-state index is 5.59. The number of benzene rings is 1. The molecular formula is C15H17NO. The molecule has 2 nitrogen and oxygen atoms in total. The van der Waals surface area contributed by atoms with Crippen LogP contribution in [0.15, 0.2) is 48.7 Å². The lowest BCUT2D eigenvalue weighted by molar-refractivity contribution is 0.121. The van der Waals surface area contributed by atoms with Crippen LogP contribution in [0.25, 0.3) is 0 Å². The number of nitrogens with zero attached hydrogens (tertiary/aromatic N) is 1. The molecule has 1 heterocycles. The predicted octanol–water partition coefficient (Wildman–Crippen LogP) is 3.15. The van der Waals surface area contributed by atoms with E-state index in [1.54, 1.807) is 6.20 Å². The Hall–Kier alpha value is -1.67. The first-order chi connectivity index (χ1) is 8.34. The molecule has 0 saturated carbocycles. The molecule has 0 amide bonds. The van der Waals surface area contributed by atoms with E-state index in [1.165, 1.54) is 11.1 Å². The summed E-state index contributed by atoms with van der Waals surface area (Å²) < 4.78 is 5.59. The smallest absolute Gasteiger partial charge is 0.0887 e. The highest BCUT2D eigenvalue weighted by molar-refractivity contribution is 5.21. The van der Waals surface area contributed by atoms with Crippen molar-refractivity contribution in [1.29, 1.82) is 0 Å². The minimum absolute atomic E-state index is 0.590. The maximum absolute atomic E-state index is 5.59. The third-order valence-corrected chi connectivity index (χ3v) is 2.63. The highest BCUT2D eigenvalue weighted by atomic mass is 16.5. The van der Waals surface area contributed by atoms with E-state index in [0.717, 1.165) is 18.7 Å². The summed E-state index contributed by atoms with van der Waals surface area (Å²) in [6.45, 7) is 3.42. The second-order valence-corrected chi connectivity index (χ2v) is 4.11. The van der Waals surface area contributed by atoms with E-state index in [1.807, 2.05) is 18.2 Å². The topological polar surface area (TPSA) is 22.1 Å². The van der Waals surface area contributed by atoms with Crippen molar-refractivity contribution in [2.24, 2.45) is 0 Å². The molecule has 2 rings (SSSR count). The number of aromatic nitrogens is 1. The van der Waals surface area contributed by atoms with Crippen LogP contribution in [0.2, 0.25) is 0 Å². The van der Waals surface area contributed by atoms with Gasteiger partial charge in [-0.1, -0.05) is 35.9 Å². The first-order valence-corrected chi connectivity index (χ1v) is 5.88. The molecule has 1 aromatic heterocycles. The van der Waals surface area contributed by atoms with Crippen molar-refractivity contribution in [3.05, 3.63) is 65.5 Å². The van der Waals surface area contributed by atoms with Crippen molar-refractivity contribution in [2.75, 3.05) is 6.61 Å². The van der Waals surface area contributed by atoms with Gasteiger partial charge in [0.15, 0.2) is 0 Å². The molecule has 88 valence electrons. The maximum Gasteiger partial charge on any atom is 0.0887 e. The van der Waals surface area contributed by atoms with E-state index in [2.05, 4.69) is 36.2 Å². The number of hydrogen-bond acceptors (Lipinski definition) is 2. The predicted molar refractivity (Wildman–Crippen MR) is 68.8 cm³/mol. The fourth-order valence-corrected chi connectivity index (χ4v) is 1.61. The van der Waals surface area contributed by atoms with Crippen LogP contribution in [0, 0.1) is 6.92 Å². The van der Waals surface area contributed by atoms with Gasteiger partial charge in [-0.3, -0.25) is 4.98 Å². The van der Waals surface area contributed by atoms with Gasteiger partial charge in [-0.15, -0.1) is 0 Å². The molecule has 2 aromatic rings. The molecule has 0 aliphatic carbocycles. The van der Waals surface area contributed by atoms with E-state index < -0.39 is 0 Å². The summed E-state index contributed by atoms with van der Waals surface area (Å²) in [5, 5.41) is 0. The standard InChI is InChI=1S/C15H17NO/c1-13-5-7-14(8-6-13)9-11-17-12-15-4-2-3-10-16-15/h2-8,10H,9,11-12H2,1H3. The molecule has 0 saturated heterocycles. The number of ether oxygens (including phenoxy) is 1. The molecule has 0 aliphatic heterocycles. The van der Waals surface area contributed by atoms with E-state index in [9.17, 15) is 0 Å². The lowest BCUT2D eigenvalue weighted by atomic mass is 10.1. The fraction of sp³-hybridized carbons (Fsp3) is 0.267. The van der Waals surface area contributed by atoms with Crippen LogP contribution < -0.4 is 0 Å². The van der Waals surface area contributed by atoms with Gasteiger partial charge in [0, 0.05) is 6.20 Å². The highest BCUT2D eigenvalue weighted by Crippen LogP contribution is 2.04. The molecule has 0 N–H and O–H groups in total. The lowest BCUT2D eigenvalue weighted by Gasteiger charge is -2.04. The highest BCUT2D eigenvalue weighted by Gasteiger charge is 1.95. The van der Waals surface area contributed by atoms with Gasteiger partial charge in [0.05, 0.1) is 18.9 Å². The lowest BCUT2D eigenvalue weighted by Crippen LogP contribution is -2.00. The van der Waals surface area contributed by atoms with Crippen molar-refractivity contribution in [2.45, 2.75) is 20.0 Å². The number of pyridine rings is 1. The first-order valence-electron chi connectivity index (χ1n) is 5.88. The monoisotopic (exact) mass is 227 g/mol. The van der Waals surface area contributed by atoms with Gasteiger partial charge in [-0.05, 0) is 31.0 Å². The second kappa shape index (κ2) is 6.16. The molecular weight excluding hydrogens is 210 g/mol. The van der Waals surface area contributed by atoms with Crippen LogP contribution in [0.1, 0.15) is 16.8 Å². The zero-order chi connectivity index (χ0) is 11.9. The van der Waals surface area contributed by atoms with E-state index in [-0.39, 0.29) is 0 Å². The number of hydrogen-bond donors (Lipinski definition) is 0. The molecule has 17 heavy (non-hydrogen) atoms. The van der Waals surface area contributed by atoms with Crippen LogP contribution >= 0.6 is 0 Å². The van der Waals surface area contributed by atoms with Gasteiger partial charge in [0.2, 0.25) is 0 Å². The number of rotatable bonds is 5. The summed E-state index contributed by atoms with van der Waals surface area (Å²) in [4.78, 5) is 4.21. The normalized spacial score (nSPS) is 10.4. The zero-order valence-electron chi connectivity index (χ0n) is 10.1. The van der Waals surface area contributed by atoms with Gasteiger partial charge in [0.25, 0.3) is 0 Å².